The molecule has 0 aromatic rings. The Hall–Kier alpha value is 1.46. The van der Waals surface area contributed by atoms with E-state index in [1.807, 2.05) is 0 Å². The largest absolute Gasteiger partial charge is 1.00 e. The molecule has 256 valence electrons. The van der Waals surface area contributed by atoms with Crippen molar-refractivity contribution in [1.82, 2.24) is 42.5 Å². The van der Waals surface area contributed by atoms with E-state index in [1.54, 1.807) is 0 Å². The van der Waals surface area contributed by atoms with Crippen molar-refractivity contribution in [2.24, 2.45) is 47.3 Å². The summed E-state index contributed by atoms with van der Waals surface area (Å²) < 4.78 is 36.1. The van der Waals surface area contributed by atoms with Crippen molar-refractivity contribution in [3.8, 4) is 0 Å². The summed E-state index contributed by atoms with van der Waals surface area (Å²) in [5.41, 5.74) is 0. The van der Waals surface area contributed by atoms with Crippen LogP contribution >= 0.6 is 0 Å². The van der Waals surface area contributed by atoms with Crippen molar-refractivity contribution in [3.63, 3.8) is 0 Å². The van der Waals surface area contributed by atoms with Crippen molar-refractivity contribution in [2.75, 3.05) is 0 Å². The van der Waals surface area contributed by atoms with Crippen LogP contribution in [-0.4, -0.2) is 93.4 Å². The molecule has 17 unspecified atom stereocenters. The Morgan fingerprint density at radius 1 is 0.413 bits per heavy atom. The molecule has 5 heterocycles. The summed E-state index contributed by atoms with van der Waals surface area (Å²) in [6.45, 7) is 0. The molecule has 5 aliphatic heterocycles. The molecule has 9 fully saturated rings. The third kappa shape index (κ3) is 6.40. The molecule has 11 nitrogen and oxygen atoms in total. The number of fused-ring (bicyclic) bond motifs is 20. The number of hydrogen-bond donors (Lipinski definition) is 9. The fourth-order valence-electron chi connectivity index (χ4n) is 12.3. The van der Waals surface area contributed by atoms with Gasteiger partial charge in [0.05, 0.1) is 54.6 Å². The van der Waals surface area contributed by atoms with Gasteiger partial charge in [0.15, 0.2) is 0 Å². The summed E-state index contributed by atoms with van der Waals surface area (Å²) in [7, 11) is -4.16. The maximum Gasteiger partial charge on any atom is 1.00 e. The summed E-state index contributed by atoms with van der Waals surface area (Å²) in [6, 6.07) is 0. The second kappa shape index (κ2) is 14.5. The zero-order valence-electron chi connectivity index (χ0n) is 28.1. The molecular formula is C32H60InN8NaO3S. The van der Waals surface area contributed by atoms with Crippen molar-refractivity contribution < 1.29 is 44.0 Å². The maximum atomic E-state index is 12.8. The average molecular weight is 775 g/mol. The summed E-state index contributed by atoms with van der Waals surface area (Å²) in [6.07, 6.45) is 18.9. The van der Waals surface area contributed by atoms with Gasteiger partial charge in [0.2, 0.25) is 0 Å². The van der Waals surface area contributed by atoms with E-state index >= 15 is 0 Å². The minimum absolute atomic E-state index is 0. The minimum atomic E-state index is -4.16. The Bertz CT molecular complexity index is 1200. The molecule has 4 aliphatic carbocycles. The quantitative estimate of drug-likeness (QED) is 0.102. The molecule has 9 rings (SSSR count). The Morgan fingerprint density at radius 3 is 0.978 bits per heavy atom. The minimum Gasteiger partial charge on any atom is 1.00 e. The monoisotopic (exact) mass is 774 g/mol. The standard InChI is InChI=1S/C32H56N8O3S.In.Na.4H/c41-44(42,43)23-15-7-14-22-24(23)32-39-30-21-13-6-5-12-20(21)28(37-30)35-26-17-9-2-1-8-16(17)25(33-26)34-27-18-10-3-4-11-19(18)29(36-27)38-31(22)40-32;;;;;;/h16-40H,1-15H2,(H,41,42,43);;;;;;/q;;+1;;;;-1. The zero-order chi connectivity index (χ0) is 29.6. The number of nitrogens with one attached hydrogen (secondary N) is 8. The van der Waals surface area contributed by atoms with Gasteiger partial charge in [0.25, 0.3) is 10.1 Å². The molecule has 4 saturated carbocycles. The van der Waals surface area contributed by atoms with Gasteiger partial charge in [-0.2, -0.15) is 8.42 Å². The first-order valence-electron chi connectivity index (χ1n) is 18.5. The summed E-state index contributed by atoms with van der Waals surface area (Å²) in [4.78, 5) is 0. The summed E-state index contributed by atoms with van der Waals surface area (Å²) in [5, 5.41) is 31.8. The van der Waals surface area contributed by atoms with Crippen LogP contribution in [-0.2, 0) is 10.1 Å². The summed E-state index contributed by atoms with van der Waals surface area (Å²) >= 11 is 0. The van der Waals surface area contributed by atoms with E-state index in [0.717, 1.165) is 12.8 Å². The molecule has 9 N–H and O–H groups in total. The smallest absolute Gasteiger partial charge is 1.00 e. The Morgan fingerprint density at radius 2 is 0.674 bits per heavy atom. The van der Waals surface area contributed by atoms with Gasteiger partial charge in [-0.05, 0) is 92.8 Å². The van der Waals surface area contributed by atoms with E-state index in [0.29, 0.717) is 54.3 Å². The average Bonchev–Trinajstić information content (AvgIpc) is 3.76. The van der Waals surface area contributed by atoms with Crippen LogP contribution in [0.2, 0.25) is 0 Å². The van der Waals surface area contributed by atoms with Gasteiger partial charge < -0.3 is 1.43 Å². The van der Waals surface area contributed by atoms with Crippen molar-refractivity contribution >= 4 is 36.0 Å². The van der Waals surface area contributed by atoms with Gasteiger partial charge in [-0.3, -0.25) is 47.1 Å². The molecule has 14 heteroatoms. The fraction of sp³-hybridized carbons (Fsp3) is 1.00. The molecule has 0 amide bonds. The van der Waals surface area contributed by atoms with E-state index in [4.69, 9.17) is 0 Å². The molecule has 5 saturated heterocycles. The van der Waals surface area contributed by atoms with E-state index < -0.39 is 15.4 Å². The predicted octanol–water partition coefficient (Wildman–Crippen LogP) is -2.60. The molecule has 0 spiro atoms. The Kier molecular flexibility index (Phi) is 11.3. The van der Waals surface area contributed by atoms with E-state index in [-0.39, 0.29) is 106 Å². The first-order chi connectivity index (χ1) is 21.4. The molecule has 9 aliphatic rings. The van der Waals surface area contributed by atoms with Crippen molar-refractivity contribution in [2.45, 2.75) is 151 Å². The zero-order valence-corrected chi connectivity index (χ0v) is 29.9. The molecule has 0 radical (unpaired) electrons. The SMILES string of the molecule is O=S(=O)(O)C1CCCC2C3NC4NC(NC5NC(NC6NC(NC(N3)C21)C1CCCCC61)C1CCCCC51)C1CCCCC41.[H-].[InH3].[Na+]. The van der Waals surface area contributed by atoms with E-state index in [1.165, 1.54) is 77.0 Å². The third-order valence-corrected chi connectivity index (χ3v) is 15.5. The van der Waals surface area contributed by atoms with Crippen LogP contribution in [0.15, 0.2) is 0 Å². The normalized spacial score (nSPS) is 53.1. The van der Waals surface area contributed by atoms with Gasteiger partial charge in [-0.25, -0.2) is 0 Å². The van der Waals surface area contributed by atoms with Crippen molar-refractivity contribution in [3.05, 3.63) is 0 Å². The number of hydrogen-bond acceptors (Lipinski definition) is 10. The molecular weight excluding hydrogens is 714 g/mol. The first kappa shape index (κ1) is 35.8. The molecule has 46 heavy (non-hydrogen) atoms. The van der Waals surface area contributed by atoms with Gasteiger partial charge in [-0.15, -0.1) is 0 Å². The second-order valence-corrected chi connectivity index (χ2v) is 17.9. The predicted molar refractivity (Wildman–Crippen MR) is 179 cm³/mol. The van der Waals surface area contributed by atoms with Crippen LogP contribution in [0.5, 0.6) is 0 Å². The topological polar surface area (TPSA) is 151 Å². The fourth-order valence-corrected chi connectivity index (χ4v) is 13.6. The van der Waals surface area contributed by atoms with Gasteiger partial charge in [-0.1, -0.05) is 44.9 Å². The molecule has 0 aromatic carbocycles. The van der Waals surface area contributed by atoms with E-state index in [9.17, 15) is 13.0 Å². The van der Waals surface area contributed by atoms with Crippen LogP contribution in [0.3, 0.4) is 0 Å². The summed E-state index contributed by atoms with van der Waals surface area (Å²) in [5.74, 6) is 3.50. The van der Waals surface area contributed by atoms with Crippen LogP contribution < -0.4 is 72.1 Å². The third-order valence-electron chi connectivity index (χ3n) is 14.2. The first-order valence-corrected chi connectivity index (χ1v) is 20.0. The van der Waals surface area contributed by atoms with Crippen LogP contribution in [0.1, 0.15) is 97.7 Å². The van der Waals surface area contributed by atoms with Gasteiger partial charge in [0, 0.05) is 5.92 Å². The van der Waals surface area contributed by atoms with E-state index in [2.05, 4.69) is 42.5 Å². The maximum absolute atomic E-state index is 12.8. The second-order valence-electron chi connectivity index (χ2n) is 16.2. The molecule has 8 bridgehead atoms. The molecule has 0 aromatic heterocycles. The Labute approximate surface area is 318 Å². The van der Waals surface area contributed by atoms with Crippen molar-refractivity contribution in [1.29, 1.82) is 0 Å². The van der Waals surface area contributed by atoms with Crippen LogP contribution in [0.4, 0.5) is 0 Å². The van der Waals surface area contributed by atoms with Gasteiger partial charge >= 0.3 is 55.4 Å². The Balaban J connectivity index is 0.00000129. The van der Waals surface area contributed by atoms with Gasteiger partial charge in [0.1, 0.15) is 0 Å². The van der Waals surface area contributed by atoms with Crippen LogP contribution in [0.25, 0.3) is 0 Å². The van der Waals surface area contributed by atoms with Crippen LogP contribution in [0, 0.1) is 47.3 Å². The number of rotatable bonds is 1. The molecule has 17 atom stereocenters.